The highest BCUT2D eigenvalue weighted by Gasteiger charge is 2.21. The molecule has 146 valence electrons. The molecule has 4 aromatic rings. The third-order valence-corrected chi connectivity index (χ3v) is 5.51. The number of halogens is 1. The average molecular weight is 407 g/mol. The molecule has 0 fully saturated rings. The van der Waals surface area contributed by atoms with Gasteiger partial charge in [0.25, 0.3) is 0 Å². The Hall–Kier alpha value is -3.32. The number of hydrogen-bond acceptors (Lipinski definition) is 5. The van der Waals surface area contributed by atoms with Crippen molar-refractivity contribution in [1.29, 1.82) is 0 Å². The number of benzene rings is 2. The highest BCUT2D eigenvalue weighted by molar-refractivity contribution is 7.22. The molecule has 0 bridgehead atoms. The normalized spacial score (nSPS) is 10.8. The van der Waals surface area contributed by atoms with Crippen molar-refractivity contribution in [3.63, 3.8) is 0 Å². The summed E-state index contributed by atoms with van der Waals surface area (Å²) in [5.41, 5.74) is 2.01. The number of pyridine rings is 1. The quantitative estimate of drug-likeness (QED) is 0.468. The van der Waals surface area contributed by atoms with E-state index in [2.05, 4.69) is 9.97 Å². The van der Waals surface area contributed by atoms with Crippen LogP contribution in [0.3, 0.4) is 0 Å². The summed E-state index contributed by atoms with van der Waals surface area (Å²) in [5.74, 6) is 0.211. The number of ether oxygens (including phenoxy) is 1. The van der Waals surface area contributed by atoms with E-state index in [9.17, 15) is 9.18 Å². The van der Waals surface area contributed by atoms with Crippen LogP contribution in [0.1, 0.15) is 11.1 Å². The molecule has 2 aromatic heterocycles. The van der Waals surface area contributed by atoms with E-state index in [4.69, 9.17) is 4.74 Å². The minimum absolute atomic E-state index is 0.126. The maximum atomic E-state index is 14.1. The topological polar surface area (TPSA) is 55.3 Å². The van der Waals surface area contributed by atoms with E-state index in [0.29, 0.717) is 16.4 Å². The lowest BCUT2D eigenvalue weighted by atomic mass is 10.1. The van der Waals surface area contributed by atoms with Gasteiger partial charge in [-0.25, -0.2) is 9.37 Å². The molecule has 0 aliphatic heterocycles. The molecule has 0 saturated heterocycles. The first-order valence-corrected chi connectivity index (χ1v) is 9.83. The number of aromatic nitrogens is 2. The fourth-order valence-electron chi connectivity index (χ4n) is 2.97. The van der Waals surface area contributed by atoms with Gasteiger partial charge in [0.2, 0.25) is 5.91 Å². The number of nitrogens with zero attached hydrogens (tertiary/aromatic N) is 3. The zero-order valence-corrected chi connectivity index (χ0v) is 16.5. The summed E-state index contributed by atoms with van der Waals surface area (Å²) < 4.78 is 20.0. The van der Waals surface area contributed by atoms with E-state index in [0.717, 1.165) is 16.9 Å². The van der Waals surface area contributed by atoms with Gasteiger partial charge in [0.1, 0.15) is 17.1 Å². The number of para-hydroxylation sites is 1. The van der Waals surface area contributed by atoms with E-state index < -0.39 is 5.82 Å². The number of thiazole rings is 1. The second kappa shape index (κ2) is 8.36. The van der Waals surface area contributed by atoms with Gasteiger partial charge in [-0.05, 0) is 41.5 Å². The fourth-order valence-corrected chi connectivity index (χ4v) is 3.97. The van der Waals surface area contributed by atoms with Gasteiger partial charge in [-0.3, -0.25) is 14.7 Å². The Labute approximate surface area is 171 Å². The second-order valence-electron chi connectivity index (χ2n) is 6.45. The molecule has 0 aliphatic carbocycles. The largest absolute Gasteiger partial charge is 0.497 e. The number of anilines is 1. The van der Waals surface area contributed by atoms with Crippen molar-refractivity contribution in [2.45, 2.75) is 13.0 Å². The number of carbonyl (C=O) groups excluding carboxylic acids is 1. The molecule has 29 heavy (non-hydrogen) atoms. The molecule has 1 amide bonds. The molecule has 0 unspecified atom stereocenters. The maximum Gasteiger partial charge on any atom is 0.233 e. The first kappa shape index (κ1) is 19.0. The Morgan fingerprint density at radius 1 is 1.10 bits per heavy atom. The Morgan fingerprint density at radius 3 is 2.62 bits per heavy atom. The Bertz CT molecular complexity index is 1130. The summed E-state index contributed by atoms with van der Waals surface area (Å²) in [6.45, 7) is 0.310. The molecule has 5 nitrogen and oxygen atoms in total. The molecule has 4 rings (SSSR count). The van der Waals surface area contributed by atoms with Gasteiger partial charge in [-0.2, -0.15) is 0 Å². The number of hydrogen-bond donors (Lipinski definition) is 0. The van der Waals surface area contributed by atoms with Crippen LogP contribution in [0.4, 0.5) is 9.52 Å². The summed E-state index contributed by atoms with van der Waals surface area (Å²) in [7, 11) is 1.60. The number of rotatable bonds is 6. The predicted octanol–water partition coefficient (Wildman–Crippen LogP) is 4.61. The van der Waals surface area contributed by atoms with Gasteiger partial charge in [0, 0.05) is 12.4 Å². The van der Waals surface area contributed by atoms with Crippen LogP contribution in [0.25, 0.3) is 10.2 Å². The minimum atomic E-state index is -0.395. The van der Waals surface area contributed by atoms with Crippen LogP contribution >= 0.6 is 11.3 Å². The average Bonchev–Trinajstić information content (AvgIpc) is 3.18. The van der Waals surface area contributed by atoms with Crippen molar-refractivity contribution < 1.29 is 13.9 Å². The van der Waals surface area contributed by atoms with E-state index in [1.807, 2.05) is 36.4 Å². The Kier molecular flexibility index (Phi) is 5.48. The monoisotopic (exact) mass is 407 g/mol. The summed E-state index contributed by atoms with van der Waals surface area (Å²) in [4.78, 5) is 23.3. The van der Waals surface area contributed by atoms with Crippen LogP contribution in [0.15, 0.2) is 67.0 Å². The van der Waals surface area contributed by atoms with Crippen molar-refractivity contribution in [2.24, 2.45) is 0 Å². The lowest BCUT2D eigenvalue weighted by molar-refractivity contribution is -0.118. The lowest BCUT2D eigenvalue weighted by Crippen LogP contribution is -2.31. The van der Waals surface area contributed by atoms with Crippen molar-refractivity contribution in [2.75, 3.05) is 12.0 Å². The van der Waals surface area contributed by atoms with Crippen LogP contribution in [-0.4, -0.2) is 23.0 Å². The smallest absolute Gasteiger partial charge is 0.233 e. The third-order valence-electron chi connectivity index (χ3n) is 4.47. The summed E-state index contributed by atoms with van der Waals surface area (Å²) in [6.07, 6.45) is 3.59. The highest BCUT2D eigenvalue weighted by atomic mass is 32.1. The number of fused-ring (bicyclic) bond motifs is 1. The molecule has 2 aromatic carbocycles. The van der Waals surface area contributed by atoms with Gasteiger partial charge >= 0.3 is 0 Å². The summed E-state index contributed by atoms with van der Waals surface area (Å²) in [6, 6.07) is 15.9. The molecular formula is C22H18FN3O2S. The van der Waals surface area contributed by atoms with E-state index in [1.54, 1.807) is 36.5 Å². The lowest BCUT2D eigenvalue weighted by Gasteiger charge is -2.20. The van der Waals surface area contributed by atoms with Crippen LogP contribution < -0.4 is 9.64 Å². The number of amides is 1. The Morgan fingerprint density at radius 2 is 1.93 bits per heavy atom. The summed E-state index contributed by atoms with van der Waals surface area (Å²) >= 11 is 1.30. The van der Waals surface area contributed by atoms with E-state index in [-0.39, 0.29) is 17.8 Å². The Balaban J connectivity index is 1.66. The van der Waals surface area contributed by atoms with Crippen molar-refractivity contribution in [3.8, 4) is 5.75 Å². The highest BCUT2D eigenvalue weighted by Crippen LogP contribution is 2.31. The molecule has 0 atom stereocenters. The van der Waals surface area contributed by atoms with E-state index in [1.165, 1.54) is 17.4 Å². The van der Waals surface area contributed by atoms with Crippen molar-refractivity contribution in [1.82, 2.24) is 9.97 Å². The second-order valence-corrected chi connectivity index (χ2v) is 7.46. The number of methoxy groups -OCH3 is 1. The maximum absolute atomic E-state index is 14.1. The number of carbonyl (C=O) groups is 1. The first-order valence-electron chi connectivity index (χ1n) is 9.01. The van der Waals surface area contributed by atoms with Crippen molar-refractivity contribution in [3.05, 3.63) is 83.9 Å². The minimum Gasteiger partial charge on any atom is -0.497 e. The fraction of sp³-hybridized carbons (Fsp3) is 0.136. The van der Waals surface area contributed by atoms with Gasteiger partial charge in [0.05, 0.1) is 24.8 Å². The van der Waals surface area contributed by atoms with Gasteiger partial charge in [0.15, 0.2) is 5.13 Å². The standard InChI is InChI=1S/C22H18FN3O2S/c1-28-17-9-7-15(8-10-17)12-20(27)26(14-16-4-3-11-24-13-16)22-25-21-18(23)5-2-6-19(21)29-22/h2-11,13H,12,14H2,1H3. The molecule has 0 radical (unpaired) electrons. The van der Waals surface area contributed by atoms with Gasteiger partial charge in [-0.15, -0.1) is 0 Å². The van der Waals surface area contributed by atoms with Crippen LogP contribution in [-0.2, 0) is 17.8 Å². The van der Waals surface area contributed by atoms with E-state index >= 15 is 0 Å². The molecule has 2 heterocycles. The van der Waals surface area contributed by atoms with Crippen molar-refractivity contribution >= 4 is 32.6 Å². The van der Waals surface area contributed by atoms with Crippen LogP contribution in [0.2, 0.25) is 0 Å². The molecule has 0 aliphatic rings. The molecule has 0 saturated carbocycles. The molecular weight excluding hydrogens is 389 g/mol. The first-order chi connectivity index (χ1) is 14.1. The van der Waals surface area contributed by atoms with Crippen LogP contribution in [0.5, 0.6) is 5.75 Å². The molecule has 0 N–H and O–H groups in total. The molecule has 7 heteroatoms. The van der Waals surface area contributed by atoms with Crippen LogP contribution in [0, 0.1) is 5.82 Å². The SMILES string of the molecule is COc1ccc(CC(=O)N(Cc2cccnc2)c2nc3c(F)cccc3s2)cc1. The van der Waals surface area contributed by atoms with Gasteiger partial charge < -0.3 is 4.74 Å². The molecule has 0 spiro atoms. The zero-order chi connectivity index (χ0) is 20.2. The third kappa shape index (κ3) is 4.25. The summed E-state index contributed by atoms with van der Waals surface area (Å²) in [5, 5.41) is 0.465. The zero-order valence-electron chi connectivity index (χ0n) is 15.7. The predicted molar refractivity (Wildman–Crippen MR) is 112 cm³/mol. The van der Waals surface area contributed by atoms with Gasteiger partial charge in [-0.1, -0.05) is 35.6 Å².